The van der Waals surface area contributed by atoms with Crippen LogP contribution in [0.15, 0.2) is 43.0 Å². The van der Waals surface area contributed by atoms with Crippen LogP contribution in [0.25, 0.3) is 33.5 Å². The second-order valence-electron chi connectivity index (χ2n) is 5.09. The zero-order valence-electron chi connectivity index (χ0n) is 11.8. The summed E-state index contributed by atoms with van der Waals surface area (Å²) in [6.07, 6.45) is 5.32. The van der Waals surface area contributed by atoms with Crippen LogP contribution in [0.4, 0.5) is 0 Å². The minimum Gasteiger partial charge on any atom is -0.318 e. The van der Waals surface area contributed by atoms with Gasteiger partial charge in [0.2, 0.25) is 0 Å². The summed E-state index contributed by atoms with van der Waals surface area (Å²) in [6.45, 7) is 2.06. The number of fused-ring (bicyclic) bond motifs is 2. The van der Waals surface area contributed by atoms with Crippen molar-refractivity contribution in [2.24, 2.45) is 7.05 Å². The van der Waals surface area contributed by atoms with E-state index >= 15 is 0 Å². The van der Waals surface area contributed by atoms with Crippen LogP contribution in [0.3, 0.4) is 0 Å². The summed E-state index contributed by atoms with van der Waals surface area (Å²) >= 11 is 0. The van der Waals surface area contributed by atoms with Crippen molar-refractivity contribution in [2.45, 2.75) is 6.92 Å². The van der Waals surface area contributed by atoms with Gasteiger partial charge in [0.15, 0.2) is 11.5 Å². The summed E-state index contributed by atoms with van der Waals surface area (Å²) in [5.41, 5.74) is 4.76. The predicted octanol–water partition coefficient (Wildman–Crippen LogP) is 2.89. The Balaban J connectivity index is 2.04. The van der Waals surface area contributed by atoms with Crippen molar-refractivity contribution in [3.8, 4) is 11.4 Å². The van der Waals surface area contributed by atoms with Gasteiger partial charge in [-0.05, 0) is 18.6 Å². The highest BCUT2D eigenvalue weighted by molar-refractivity contribution is 5.95. The van der Waals surface area contributed by atoms with Gasteiger partial charge in [-0.1, -0.05) is 18.2 Å². The van der Waals surface area contributed by atoms with E-state index in [9.17, 15) is 0 Å². The topological polar surface area (TPSA) is 56.5 Å². The van der Waals surface area contributed by atoms with E-state index in [0.29, 0.717) is 5.82 Å². The minimum atomic E-state index is 0.698. The van der Waals surface area contributed by atoms with Crippen molar-refractivity contribution < 1.29 is 0 Å². The van der Waals surface area contributed by atoms with Crippen LogP contribution < -0.4 is 0 Å². The highest BCUT2D eigenvalue weighted by Gasteiger charge is 2.11. The van der Waals surface area contributed by atoms with Gasteiger partial charge in [-0.2, -0.15) is 0 Å². The van der Waals surface area contributed by atoms with Crippen LogP contribution >= 0.6 is 0 Å². The highest BCUT2D eigenvalue weighted by Crippen LogP contribution is 2.27. The monoisotopic (exact) mass is 275 g/mol. The standard InChI is InChI=1S/C16H13N5/c1-10-5-6-12(11-4-3-7-17-14(10)11)15-18-8-13-16(20-15)21(2)9-19-13/h3-9H,1-2H3. The first-order valence-electron chi connectivity index (χ1n) is 6.73. The number of rotatable bonds is 1. The van der Waals surface area contributed by atoms with Gasteiger partial charge in [0.1, 0.15) is 5.52 Å². The molecule has 0 fully saturated rings. The zero-order valence-corrected chi connectivity index (χ0v) is 11.8. The summed E-state index contributed by atoms with van der Waals surface area (Å²) in [5, 5.41) is 1.07. The highest BCUT2D eigenvalue weighted by atomic mass is 15.1. The summed E-state index contributed by atoms with van der Waals surface area (Å²) in [4.78, 5) is 17.8. The molecule has 4 aromatic rings. The summed E-state index contributed by atoms with van der Waals surface area (Å²) in [5.74, 6) is 0.698. The average molecular weight is 275 g/mol. The number of imidazole rings is 1. The molecule has 21 heavy (non-hydrogen) atoms. The fourth-order valence-corrected chi connectivity index (χ4v) is 2.56. The molecule has 0 amide bonds. The molecule has 0 N–H and O–H groups in total. The van der Waals surface area contributed by atoms with Crippen molar-refractivity contribution in [3.63, 3.8) is 0 Å². The average Bonchev–Trinajstić information content (AvgIpc) is 2.89. The minimum absolute atomic E-state index is 0.698. The molecule has 4 rings (SSSR count). The Morgan fingerprint density at radius 1 is 1.05 bits per heavy atom. The Bertz CT molecular complexity index is 971. The van der Waals surface area contributed by atoms with Crippen LogP contribution in [-0.2, 0) is 7.05 Å². The molecule has 0 unspecified atom stereocenters. The summed E-state index contributed by atoms with van der Waals surface area (Å²) in [6, 6.07) is 8.10. The lowest BCUT2D eigenvalue weighted by atomic mass is 10.0. The molecule has 0 saturated heterocycles. The van der Waals surface area contributed by atoms with E-state index in [1.165, 1.54) is 0 Å². The molecule has 0 aliphatic rings. The number of aromatic nitrogens is 5. The molecular formula is C16H13N5. The quantitative estimate of drug-likeness (QED) is 0.536. The molecule has 0 radical (unpaired) electrons. The van der Waals surface area contributed by atoms with Crippen molar-refractivity contribution in [3.05, 3.63) is 48.5 Å². The summed E-state index contributed by atoms with van der Waals surface area (Å²) < 4.78 is 1.90. The van der Waals surface area contributed by atoms with Gasteiger partial charge >= 0.3 is 0 Å². The molecule has 0 aliphatic carbocycles. The van der Waals surface area contributed by atoms with Crippen molar-refractivity contribution in [2.75, 3.05) is 0 Å². The lowest BCUT2D eigenvalue weighted by molar-refractivity contribution is 0.929. The van der Waals surface area contributed by atoms with E-state index in [-0.39, 0.29) is 0 Å². The van der Waals surface area contributed by atoms with Gasteiger partial charge < -0.3 is 4.57 Å². The van der Waals surface area contributed by atoms with Crippen LogP contribution in [0.1, 0.15) is 5.56 Å². The van der Waals surface area contributed by atoms with Crippen molar-refractivity contribution >= 4 is 22.1 Å². The zero-order chi connectivity index (χ0) is 14.4. The molecule has 102 valence electrons. The Hall–Kier alpha value is -2.82. The lowest BCUT2D eigenvalue weighted by Gasteiger charge is -2.07. The van der Waals surface area contributed by atoms with Gasteiger partial charge in [-0.3, -0.25) is 4.98 Å². The van der Waals surface area contributed by atoms with E-state index in [1.807, 2.05) is 23.9 Å². The molecule has 0 atom stereocenters. The number of aryl methyl sites for hydroxylation is 2. The number of hydrogen-bond acceptors (Lipinski definition) is 4. The fraction of sp³-hybridized carbons (Fsp3) is 0.125. The summed E-state index contributed by atoms with van der Waals surface area (Å²) in [7, 11) is 1.93. The van der Waals surface area contributed by atoms with Crippen LogP contribution in [0, 0.1) is 6.92 Å². The molecule has 5 heteroatoms. The molecule has 5 nitrogen and oxygen atoms in total. The number of benzene rings is 1. The largest absolute Gasteiger partial charge is 0.318 e. The Kier molecular flexibility index (Phi) is 2.47. The maximum Gasteiger partial charge on any atom is 0.163 e. The molecule has 0 aliphatic heterocycles. The first-order chi connectivity index (χ1) is 10.2. The van der Waals surface area contributed by atoms with E-state index in [0.717, 1.165) is 33.2 Å². The van der Waals surface area contributed by atoms with Crippen LogP contribution in [0.5, 0.6) is 0 Å². The maximum atomic E-state index is 4.65. The van der Waals surface area contributed by atoms with Crippen LogP contribution in [-0.4, -0.2) is 24.5 Å². The van der Waals surface area contributed by atoms with Crippen molar-refractivity contribution in [1.29, 1.82) is 0 Å². The van der Waals surface area contributed by atoms with Gasteiger partial charge in [0.25, 0.3) is 0 Å². The maximum absolute atomic E-state index is 4.65. The molecule has 3 aromatic heterocycles. The molecule has 3 heterocycles. The fourth-order valence-electron chi connectivity index (χ4n) is 2.56. The second kappa shape index (κ2) is 4.34. The third kappa shape index (κ3) is 1.78. The Morgan fingerprint density at radius 3 is 2.86 bits per heavy atom. The van der Waals surface area contributed by atoms with Crippen molar-refractivity contribution in [1.82, 2.24) is 24.5 Å². The molecule has 0 spiro atoms. The SMILES string of the molecule is Cc1ccc(-c2ncc3ncn(C)c3n2)c2cccnc12. The second-order valence-corrected chi connectivity index (χ2v) is 5.09. The lowest BCUT2D eigenvalue weighted by Crippen LogP contribution is -1.95. The van der Waals surface area contributed by atoms with Gasteiger partial charge in [-0.25, -0.2) is 15.0 Å². The first-order valence-corrected chi connectivity index (χ1v) is 6.73. The smallest absolute Gasteiger partial charge is 0.163 e. The van der Waals surface area contributed by atoms with E-state index in [1.54, 1.807) is 12.5 Å². The number of pyridine rings is 1. The Labute approximate surface area is 121 Å². The van der Waals surface area contributed by atoms with E-state index < -0.39 is 0 Å². The van der Waals surface area contributed by atoms with Crippen LogP contribution in [0.2, 0.25) is 0 Å². The predicted molar refractivity (Wildman–Crippen MR) is 81.8 cm³/mol. The van der Waals surface area contributed by atoms with E-state index in [4.69, 9.17) is 0 Å². The molecule has 0 saturated carbocycles. The van der Waals surface area contributed by atoms with Gasteiger partial charge in [0, 0.05) is 24.2 Å². The molecule has 0 bridgehead atoms. The molecular weight excluding hydrogens is 262 g/mol. The number of nitrogens with zero attached hydrogens (tertiary/aromatic N) is 5. The third-order valence-corrected chi connectivity index (χ3v) is 3.67. The van der Waals surface area contributed by atoms with E-state index in [2.05, 4.69) is 45.1 Å². The Morgan fingerprint density at radius 2 is 1.95 bits per heavy atom. The first kappa shape index (κ1) is 12.0. The normalized spacial score (nSPS) is 11.3. The van der Waals surface area contributed by atoms with Gasteiger partial charge in [0.05, 0.1) is 18.0 Å². The third-order valence-electron chi connectivity index (χ3n) is 3.67. The van der Waals surface area contributed by atoms with Gasteiger partial charge in [-0.15, -0.1) is 0 Å². The number of hydrogen-bond donors (Lipinski definition) is 0. The molecule has 1 aromatic carbocycles.